The van der Waals surface area contributed by atoms with Crippen molar-refractivity contribution in [3.8, 4) is 0 Å². The van der Waals surface area contributed by atoms with Gasteiger partial charge >= 0.3 is 0 Å². The van der Waals surface area contributed by atoms with Crippen molar-refractivity contribution in [2.75, 3.05) is 44.7 Å². The molecule has 0 bridgehead atoms. The van der Waals surface area contributed by atoms with Crippen LogP contribution in [-0.2, 0) is 5.41 Å². The molecule has 3 N–H and O–H groups in total. The number of hydrogen-bond acceptors (Lipinski definition) is 5. The van der Waals surface area contributed by atoms with Crippen LogP contribution in [-0.4, -0.2) is 61.6 Å². The number of piperazine rings is 1. The van der Waals surface area contributed by atoms with Gasteiger partial charge in [0.15, 0.2) is 0 Å². The number of anilines is 1. The summed E-state index contributed by atoms with van der Waals surface area (Å²) in [6, 6.07) is 12.0. The Morgan fingerprint density at radius 3 is 2.55 bits per heavy atom. The number of amides is 1. The highest BCUT2D eigenvalue weighted by Gasteiger charge is 2.36. The van der Waals surface area contributed by atoms with E-state index in [4.69, 9.17) is 17.3 Å². The maximum Gasteiger partial charge on any atom is 0.253 e. The zero-order valence-electron chi connectivity index (χ0n) is 18.2. The number of halogens is 1. The number of nitrogens with one attached hydrogen (secondary N) is 1. The number of benzene rings is 1. The zero-order chi connectivity index (χ0) is 21.8. The third kappa shape index (κ3) is 5.03. The van der Waals surface area contributed by atoms with E-state index in [0.29, 0.717) is 12.1 Å². The van der Waals surface area contributed by atoms with Gasteiger partial charge in [-0.2, -0.15) is 0 Å². The van der Waals surface area contributed by atoms with Crippen LogP contribution in [0.25, 0.3) is 0 Å². The first-order valence-corrected chi connectivity index (χ1v) is 11.5. The van der Waals surface area contributed by atoms with Crippen molar-refractivity contribution in [3.05, 3.63) is 58.7 Å². The summed E-state index contributed by atoms with van der Waals surface area (Å²) in [7, 11) is 2.13. The Hall–Kier alpha value is -2.15. The van der Waals surface area contributed by atoms with E-state index >= 15 is 0 Å². The molecule has 0 spiro atoms. The minimum atomic E-state index is -0.0577. The van der Waals surface area contributed by atoms with Crippen molar-refractivity contribution >= 4 is 23.3 Å². The lowest BCUT2D eigenvalue weighted by Gasteiger charge is -2.40. The van der Waals surface area contributed by atoms with Gasteiger partial charge < -0.3 is 20.9 Å². The van der Waals surface area contributed by atoms with Crippen molar-refractivity contribution in [1.29, 1.82) is 0 Å². The Morgan fingerprint density at radius 2 is 1.94 bits per heavy atom. The predicted molar refractivity (Wildman–Crippen MR) is 126 cm³/mol. The van der Waals surface area contributed by atoms with E-state index in [9.17, 15) is 4.79 Å². The minimum Gasteiger partial charge on any atom is -0.354 e. The maximum absolute atomic E-state index is 12.8. The summed E-state index contributed by atoms with van der Waals surface area (Å²) < 4.78 is 0. The van der Waals surface area contributed by atoms with Gasteiger partial charge in [-0.15, -0.1) is 0 Å². The van der Waals surface area contributed by atoms with Gasteiger partial charge in [0.2, 0.25) is 0 Å². The van der Waals surface area contributed by atoms with Crippen LogP contribution < -0.4 is 16.0 Å². The van der Waals surface area contributed by atoms with Gasteiger partial charge in [0.05, 0.1) is 5.56 Å². The van der Waals surface area contributed by atoms with Crippen molar-refractivity contribution in [1.82, 2.24) is 15.2 Å². The van der Waals surface area contributed by atoms with E-state index in [1.54, 1.807) is 6.20 Å². The number of nitrogens with two attached hydrogens (primary N) is 1. The average molecular weight is 442 g/mol. The first-order valence-electron chi connectivity index (χ1n) is 11.2. The summed E-state index contributed by atoms with van der Waals surface area (Å²) in [5.74, 6) is 0.891. The number of hydrogen-bond donors (Lipinski definition) is 2. The van der Waals surface area contributed by atoms with Crippen molar-refractivity contribution < 1.29 is 4.79 Å². The molecule has 2 fully saturated rings. The highest BCUT2D eigenvalue weighted by Crippen LogP contribution is 2.39. The van der Waals surface area contributed by atoms with E-state index in [1.807, 2.05) is 30.3 Å². The van der Waals surface area contributed by atoms with Gasteiger partial charge in [-0.25, -0.2) is 4.98 Å². The molecule has 2 heterocycles. The van der Waals surface area contributed by atoms with Crippen molar-refractivity contribution in [2.45, 2.75) is 37.1 Å². The maximum atomic E-state index is 12.8. The van der Waals surface area contributed by atoms with E-state index in [-0.39, 0.29) is 17.4 Å². The van der Waals surface area contributed by atoms with E-state index in [1.165, 1.54) is 5.56 Å². The van der Waals surface area contributed by atoms with Gasteiger partial charge in [-0.05, 0) is 62.6 Å². The lowest BCUT2D eigenvalue weighted by molar-refractivity contribution is 0.0917. The molecular weight excluding hydrogens is 410 g/mol. The minimum absolute atomic E-state index is 0.0505. The van der Waals surface area contributed by atoms with Crippen LogP contribution in [0.1, 0.15) is 41.6 Å². The molecule has 2 aliphatic rings. The fourth-order valence-electron chi connectivity index (χ4n) is 4.76. The second kappa shape index (κ2) is 9.55. The normalized spacial score (nSPS) is 24.7. The largest absolute Gasteiger partial charge is 0.354 e. The molecule has 1 aromatic heterocycles. The molecule has 1 aromatic carbocycles. The standard InChI is InChI=1S/C24H32ClN5O/c1-29-11-13-30(14-12-29)22-6-5-18(16-27-22)23(31)28-21-7-9-24(17-26,10-8-21)19-3-2-4-20(25)15-19/h2-6,15-16,21H,7-14,17,26H2,1H3,(H,28,31)/t21-,24-. The van der Waals surface area contributed by atoms with Crippen LogP contribution in [0.15, 0.2) is 42.6 Å². The Bertz CT molecular complexity index is 887. The summed E-state index contributed by atoms with van der Waals surface area (Å²) in [4.78, 5) is 21.9. The molecule has 0 atom stereocenters. The number of likely N-dealkylation sites (N-methyl/N-ethyl adjacent to an activating group) is 1. The van der Waals surface area contributed by atoms with Crippen LogP contribution in [0.4, 0.5) is 5.82 Å². The molecule has 1 amide bonds. The van der Waals surface area contributed by atoms with Crippen LogP contribution in [0.3, 0.4) is 0 Å². The summed E-state index contributed by atoms with van der Waals surface area (Å²) in [6.45, 7) is 4.58. The molecular formula is C24H32ClN5O. The monoisotopic (exact) mass is 441 g/mol. The lowest BCUT2D eigenvalue weighted by atomic mass is 9.68. The van der Waals surface area contributed by atoms with Gasteiger partial charge in [0, 0.05) is 55.4 Å². The van der Waals surface area contributed by atoms with Crippen LogP contribution >= 0.6 is 11.6 Å². The van der Waals surface area contributed by atoms with Crippen LogP contribution in [0.5, 0.6) is 0 Å². The molecule has 2 aromatic rings. The predicted octanol–water partition coefficient (Wildman–Crippen LogP) is 3.06. The average Bonchev–Trinajstić information content (AvgIpc) is 2.80. The Morgan fingerprint density at radius 1 is 1.19 bits per heavy atom. The smallest absolute Gasteiger partial charge is 0.253 e. The fourth-order valence-corrected chi connectivity index (χ4v) is 4.95. The number of pyridine rings is 1. The SMILES string of the molecule is CN1CCN(c2ccc(C(=O)N[C@H]3CC[C@](CN)(c4cccc(Cl)c4)CC3)cn2)CC1. The number of carbonyl (C=O) groups is 1. The van der Waals surface area contributed by atoms with E-state index in [2.05, 4.69) is 33.2 Å². The molecule has 7 heteroatoms. The molecule has 1 aliphatic heterocycles. The second-order valence-corrected chi connectivity index (χ2v) is 9.37. The van der Waals surface area contributed by atoms with Crippen molar-refractivity contribution in [3.63, 3.8) is 0 Å². The number of aromatic nitrogens is 1. The third-order valence-corrected chi connectivity index (χ3v) is 7.18. The first-order chi connectivity index (χ1) is 15.0. The van der Waals surface area contributed by atoms with Gasteiger partial charge in [0.25, 0.3) is 5.91 Å². The van der Waals surface area contributed by atoms with E-state index < -0.39 is 0 Å². The summed E-state index contributed by atoms with van der Waals surface area (Å²) in [5, 5.41) is 3.94. The summed E-state index contributed by atoms with van der Waals surface area (Å²) in [5.41, 5.74) is 7.96. The van der Waals surface area contributed by atoms with Gasteiger partial charge in [0.1, 0.15) is 5.82 Å². The number of nitrogens with zero attached hydrogens (tertiary/aromatic N) is 3. The molecule has 0 radical (unpaired) electrons. The molecule has 0 unspecified atom stereocenters. The quantitative estimate of drug-likeness (QED) is 0.745. The summed E-state index contributed by atoms with van der Waals surface area (Å²) >= 11 is 6.21. The Kier molecular flexibility index (Phi) is 6.80. The third-order valence-electron chi connectivity index (χ3n) is 6.94. The molecule has 31 heavy (non-hydrogen) atoms. The van der Waals surface area contributed by atoms with Crippen LogP contribution in [0.2, 0.25) is 5.02 Å². The van der Waals surface area contributed by atoms with Crippen molar-refractivity contribution in [2.24, 2.45) is 5.73 Å². The second-order valence-electron chi connectivity index (χ2n) is 8.94. The molecule has 6 nitrogen and oxygen atoms in total. The highest BCUT2D eigenvalue weighted by molar-refractivity contribution is 6.30. The highest BCUT2D eigenvalue weighted by atomic mass is 35.5. The number of carbonyl (C=O) groups excluding carboxylic acids is 1. The first kappa shape index (κ1) is 22.1. The Balaban J connectivity index is 1.33. The van der Waals surface area contributed by atoms with Crippen LogP contribution in [0, 0.1) is 0 Å². The number of rotatable bonds is 5. The molecule has 4 rings (SSSR count). The summed E-state index contributed by atoms with van der Waals surface area (Å²) in [6.07, 6.45) is 5.39. The lowest BCUT2D eigenvalue weighted by Crippen LogP contribution is -2.45. The zero-order valence-corrected chi connectivity index (χ0v) is 18.9. The molecule has 1 saturated carbocycles. The molecule has 166 valence electrons. The van der Waals surface area contributed by atoms with Gasteiger partial charge in [-0.1, -0.05) is 23.7 Å². The van der Waals surface area contributed by atoms with E-state index in [0.717, 1.165) is 62.7 Å². The molecule has 1 aliphatic carbocycles. The topological polar surface area (TPSA) is 74.5 Å². The Labute approximate surface area is 189 Å². The van der Waals surface area contributed by atoms with Gasteiger partial charge in [-0.3, -0.25) is 4.79 Å². The molecule has 1 saturated heterocycles. The fraction of sp³-hybridized carbons (Fsp3) is 0.500.